The third-order valence-electron chi connectivity index (χ3n) is 5.12. The molecule has 1 aromatic carbocycles. The molecule has 0 heterocycles. The molecular formula is C18H32ClN5O. The summed E-state index contributed by atoms with van der Waals surface area (Å²) in [7, 11) is 3.66. The van der Waals surface area contributed by atoms with E-state index in [4.69, 9.17) is 17.4 Å². The number of benzene rings is 1. The Morgan fingerprint density at radius 2 is 1.96 bits per heavy atom. The van der Waals surface area contributed by atoms with Crippen LogP contribution < -0.4 is 21.5 Å². The maximum atomic E-state index is 12.5. The third kappa shape index (κ3) is 4.77. The summed E-state index contributed by atoms with van der Waals surface area (Å²) >= 11 is 6.24. The predicted octanol–water partition coefficient (Wildman–Crippen LogP) is 2.61. The van der Waals surface area contributed by atoms with Crippen molar-refractivity contribution in [2.75, 3.05) is 44.1 Å². The van der Waals surface area contributed by atoms with Gasteiger partial charge in [0.25, 0.3) is 0 Å². The lowest BCUT2D eigenvalue weighted by Crippen LogP contribution is -2.56. The highest BCUT2D eigenvalue weighted by Gasteiger charge is 2.36. The van der Waals surface area contributed by atoms with Gasteiger partial charge in [-0.3, -0.25) is 15.5 Å². The molecule has 25 heavy (non-hydrogen) atoms. The number of nitrogens with one attached hydrogen (secondary N) is 2. The molecule has 0 fully saturated rings. The minimum atomic E-state index is -0.571. The first-order valence-corrected chi connectivity index (χ1v) is 9.08. The summed E-state index contributed by atoms with van der Waals surface area (Å²) in [4.78, 5) is 16.8. The Labute approximate surface area is 156 Å². The molecule has 4 N–H and O–H groups in total. The summed E-state index contributed by atoms with van der Waals surface area (Å²) in [5.41, 5.74) is 5.00. The Hall–Kier alpha value is -1.50. The molecule has 0 aliphatic carbocycles. The number of carbonyl (C=O) groups is 1. The van der Waals surface area contributed by atoms with Crippen molar-refractivity contribution in [3.8, 4) is 0 Å². The summed E-state index contributed by atoms with van der Waals surface area (Å²) < 4.78 is 0. The smallest absolute Gasteiger partial charge is 0.240 e. The van der Waals surface area contributed by atoms with Crippen LogP contribution in [0.2, 0.25) is 5.02 Å². The summed E-state index contributed by atoms with van der Waals surface area (Å²) in [6, 6.07) is 3.76. The first kappa shape index (κ1) is 21.5. The summed E-state index contributed by atoms with van der Waals surface area (Å²) in [6.07, 6.45) is 0.697. The van der Waals surface area contributed by atoms with Gasteiger partial charge in [-0.2, -0.15) is 0 Å². The van der Waals surface area contributed by atoms with Crippen LogP contribution in [0.5, 0.6) is 0 Å². The molecule has 1 atom stereocenters. The molecule has 6 nitrogen and oxygen atoms in total. The molecule has 142 valence electrons. The van der Waals surface area contributed by atoms with Crippen molar-refractivity contribution in [2.45, 2.75) is 39.7 Å². The molecule has 0 aromatic heterocycles. The number of nitrogens with zero attached hydrogens (tertiary/aromatic N) is 2. The van der Waals surface area contributed by atoms with Crippen molar-refractivity contribution in [3.05, 3.63) is 22.7 Å². The standard InChI is InChI=1S/C18H32ClN5O/c1-7-23(6)18(4,17(25)21-5)9-10-24(8-2)16-12-14(19)11-15(22-20)13(16)3/h11-12,22H,7-10,20H2,1-6H3,(H,21,25). The zero-order valence-corrected chi connectivity index (χ0v) is 17.0. The summed E-state index contributed by atoms with van der Waals surface area (Å²) in [5.74, 6) is 5.63. The van der Waals surface area contributed by atoms with Crippen LogP contribution >= 0.6 is 11.6 Å². The number of likely N-dealkylation sites (N-methyl/N-ethyl adjacent to an activating group) is 2. The number of nitrogens with two attached hydrogens (primary N) is 1. The summed E-state index contributed by atoms with van der Waals surface area (Å²) in [5, 5.41) is 3.43. The zero-order chi connectivity index (χ0) is 19.2. The molecular weight excluding hydrogens is 338 g/mol. The van der Waals surface area contributed by atoms with E-state index in [0.29, 0.717) is 11.4 Å². The summed E-state index contributed by atoms with van der Waals surface area (Å²) in [6.45, 7) is 10.5. The van der Waals surface area contributed by atoms with Crippen molar-refractivity contribution >= 4 is 28.9 Å². The van der Waals surface area contributed by atoms with Gasteiger partial charge < -0.3 is 15.6 Å². The first-order valence-electron chi connectivity index (χ1n) is 8.70. The quantitative estimate of drug-likeness (QED) is 0.461. The van der Waals surface area contributed by atoms with Gasteiger partial charge in [-0.25, -0.2) is 0 Å². The van der Waals surface area contributed by atoms with Crippen LogP contribution in [-0.2, 0) is 4.79 Å². The molecule has 0 aliphatic rings. The van der Waals surface area contributed by atoms with Crippen LogP contribution in [0.25, 0.3) is 0 Å². The van der Waals surface area contributed by atoms with Crippen LogP contribution in [0.3, 0.4) is 0 Å². The Morgan fingerprint density at radius 1 is 1.32 bits per heavy atom. The molecule has 0 saturated carbocycles. The van der Waals surface area contributed by atoms with Gasteiger partial charge in [0.15, 0.2) is 0 Å². The van der Waals surface area contributed by atoms with Gasteiger partial charge in [0.1, 0.15) is 0 Å². The molecule has 0 bridgehead atoms. The average Bonchev–Trinajstić information content (AvgIpc) is 2.62. The van der Waals surface area contributed by atoms with Gasteiger partial charge in [0.2, 0.25) is 5.91 Å². The van der Waals surface area contributed by atoms with Crippen LogP contribution in [0, 0.1) is 6.92 Å². The highest BCUT2D eigenvalue weighted by Crippen LogP contribution is 2.31. The van der Waals surface area contributed by atoms with E-state index in [9.17, 15) is 4.79 Å². The van der Waals surface area contributed by atoms with Crippen LogP contribution in [-0.4, -0.2) is 50.1 Å². The minimum Gasteiger partial charge on any atom is -0.371 e. The number of rotatable bonds is 9. The third-order valence-corrected chi connectivity index (χ3v) is 5.34. The second-order valence-electron chi connectivity index (χ2n) is 6.44. The monoisotopic (exact) mass is 369 g/mol. The highest BCUT2D eigenvalue weighted by atomic mass is 35.5. The van der Waals surface area contributed by atoms with E-state index in [1.807, 2.05) is 33.0 Å². The predicted molar refractivity (Wildman–Crippen MR) is 107 cm³/mol. The van der Waals surface area contributed by atoms with Gasteiger partial charge in [0.05, 0.1) is 11.2 Å². The Morgan fingerprint density at radius 3 is 2.44 bits per heavy atom. The fourth-order valence-electron chi connectivity index (χ4n) is 3.04. The normalized spacial score (nSPS) is 13.5. The lowest BCUT2D eigenvalue weighted by molar-refractivity contribution is -0.131. The zero-order valence-electron chi connectivity index (χ0n) is 16.2. The van der Waals surface area contributed by atoms with Crippen molar-refractivity contribution in [2.24, 2.45) is 5.84 Å². The number of carbonyl (C=O) groups excluding carboxylic acids is 1. The van der Waals surface area contributed by atoms with E-state index < -0.39 is 5.54 Å². The van der Waals surface area contributed by atoms with Gasteiger partial charge in [0, 0.05) is 30.8 Å². The molecule has 0 radical (unpaired) electrons. The lowest BCUT2D eigenvalue weighted by Gasteiger charge is -2.38. The van der Waals surface area contributed by atoms with E-state index in [0.717, 1.165) is 36.6 Å². The Kier molecular flexibility index (Phi) is 7.99. The van der Waals surface area contributed by atoms with Crippen LogP contribution in [0.15, 0.2) is 12.1 Å². The van der Waals surface area contributed by atoms with Crippen LogP contribution in [0.1, 0.15) is 32.8 Å². The molecule has 0 aliphatic heterocycles. The molecule has 1 amide bonds. The average molecular weight is 370 g/mol. The first-order chi connectivity index (χ1) is 11.7. The van der Waals surface area contributed by atoms with E-state index in [-0.39, 0.29) is 5.91 Å². The molecule has 1 aromatic rings. The molecule has 0 spiro atoms. The molecule has 1 unspecified atom stereocenters. The highest BCUT2D eigenvalue weighted by molar-refractivity contribution is 6.31. The van der Waals surface area contributed by atoms with Crippen LogP contribution in [0.4, 0.5) is 11.4 Å². The number of anilines is 2. The molecule has 7 heteroatoms. The van der Waals surface area contributed by atoms with Crippen molar-refractivity contribution in [1.82, 2.24) is 10.2 Å². The number of amides is 1. The number of nitrogen functional groups attached to an aromatic ring is 1. The van der Waals surface area contributed by atoms with Crippen molar-refractivity contribution in [3.63, 3.8) is 0 Å². The van der Waals surface area contributed by atoms with E-state index in [2.05, 4.69) is 34.4 Å². The maximum Gasteiger partial charge on any atom is 0.240 e. The topological polar surface area (TPSA) is 73.6 Å². The second kappa shape index (κ2) is 9.27. The van der Waals surface area contributed by atoms with E-state index in [1.54, 1.807) is 7.05 Å². The van der Waals surface area contributed by atoms with Crippen molar-refractivity contribution in [1.29, 1.82) is 0 Å². The lowest BCUT2D eigenvalue weighted by atomic mass is 9.94. The SMILES string of the molecule is CCN(CCC(C)(C(=O)NC)N(C)CC)c1cc(Cl)cc(NN)c1C. The largest absolute Gasteiger partial charge is 0.371 e. The number of hydrogen-bond donors (Lipinski definition) is 3. The fourth-order valence-corrected chi connectivity index (χ4v) is 3.25. The maximum absolute atomic E-state index is 12.5. The van der Waals surface area contributed by atoms with Gasteiger partial charge in [-0.05, 0) is 58.5 Å². The Bertz CT molecular complexity index is 595. The Balaban J connectivity index is 3.10. The number of hydrazine groups is 1. The van der Waals surface area contributed by atoms with E-state index >= 15 is 0 Å². The van der Waals surface area contributed by atoms with Gasteiger partial charge in [-0.1, -0.05) is 18.5 Å². The number of hydrogen-bond acceptors (Lipinski definition) is 5. The number of halogens is 1. The van der Waals surface area contributed by atoms with Gasteiger partial charge >= 0.3 is 0 Å². The van der Waals surface area contributed by atoms with E-state index in [1.165, 1.54) is 0 Å². The minimum absolute atomic E-state index is 0.0278. The van der Waals surface area contributed by atoms with Gasteiger partial charge in [-0.15, -0.1) is 0 Å². The van der Waals surface area contributed by atoms with Crippen molar-refractivity contribution < 1.29 is 4.79 Å². The second-order valence-corrected chi connectivity index (χ2v) is 6.88. The fraction of sp³-hybridized carbons (Fsp3) is 0.611. The molecule has 0 saturated heterocycles. The molecule has 1 rings (SSSR count).